The van der Waals surface area contributed by atoms with Crippen LogP contribution in [0.3, 0.4) is 0 Å². The molecule has 1 heterocycles. The Bertz CT molecular complexity index is 592. The van der Waals surface area contributed by atoms with Crippen LogP contribution in [-0.2, 0) is 13.0 Å². The highest BCUT2D eigenvalue weighted by molar-refractivity contribution is 5.89. The van der Waals surface area contributed by atoms with Gasteiger partial charge in [0, 0.05) is 13.1 Å². The third-order valence-electron chi connectivity index (χ3n) is 3.27. The number of hydrogen-bond donors (Lipinski definition) is 1. The Morgan fingerprint density at radius 2 is 2.15 bits per heavy atom. The van der Waals surface area contributed by atoms with Gasteiger partial charge in [0.15, 0.2) is 6.39 Å². The van der Waals surface area contributed by atoms with Gasteiger partial charge in [-0.2, -0.15) is 0 Å². The van der Waals surface area contributed by atoms with Crippen molar-refractivity contribution in [3.63, 3.8) is 0 Å². The first-order chi connectivity index (χ1) is 9.58. The number of aromatic nitrogens is 1. The average molecular weight is 274 g/mol. The molecule has 0 aliphatic carbocycles. The fourth-order valence-electron chi connectivity index (χ4n) is 2.07. The predicted molar refractivity (Wildman–Crippen MR) is 74.7 cm³/mol. The van der Waals surface area contributed by atoms with Gasteiger partial charge in [0.25, 0.3) is 0 Å². The first-order valence-electron chi connectivity index (χ1n) is 6.46. The van der Waals surface area contributed by atoms with Crippen LogP contribution in [0.2, 0.25) is 0 Å². The van der Waals surface area contributed by atoms with Crippen LogP contribution >= 0.6 is 0 Å². The summed E-state index contributed by atoms with van der Waals surface area (Å²) in [6.45, 7) is 3.34. The van der Waals surface area contributed by atoms with Gasteiger partial charge in [-0.3, -0.25) is 0 Å². The van der Waals surface area contributed by atoms with E-state index in [9.17, 15) is 4.79 Å². The van der Waals surface area contributed by atoms with Crippen molar-refractivity contribution in [2.24, 2.45) is 0 Å². The zero-order valence-electron chi connectivity index (χ0n) is 11.7. The first-order valence-corrected chi connectivity index (χ1v) is 6.46. The lowest BCUT2D eigenvalue weighted by molar-refractivity contribution is 0.0695. The van der Waals surface area contributed by atoms with Crippen molar-refractivity contribution in [3.05, 3.63) is 53.2 Å². The fourth-order valence-corrected chi connectivity index (χ4v) is 2.07. The Kier molecular flexibility index (Phi) is 4.53. The Morgan fingerprint density at radius 1 is 1.40 bits per heavy atom. The number of likely N-dealkylation sites (N-methyl/N-ethyl adjacent to an activating group) is 1. The summed E-state index contributed by atoms with van der Waals surface area (Å²) in [6, 6.07) is 7.11. The third-order valence-corrected chi connectivity index (χ3v) is 3.27. The molecule has 0 saturated carbocycles. The van der Waals surface area contributed by atoms with Gasteiger partial charge in [-0.1, -0.05) is 18.2 Å². The zero-order valence-corrected chi connectivity index (χ0v) is 11.7. The maximum Gasteiger partial charge on any atom is 0.335 e. The van der Waals surface area contributed by atoms with Crippen LogP contribution in [0.25, 0.3) is 0 Å². The van der Waals surface area contributed by atoms with Gasteiger partial charge in [-0.05, 0) is 32.0 Å². The van der Waals surface area contributed by atoms with E-state index in [1.807, 2.05) is 26.1 Å². The van der Waals surface area contributed by atoms with Crippen molar-refractivity contribution in [1.82, 2.24) is 9.88 Å². The van der Waals surface area contributed by atoms with Crippen LogP contribution in [0.4, 0.5) is 0 Å². The molecule has 2 rings (SSSR count). The zero-order chi connectivity index (χ0) is 14.5. The maximum atomic E-state index is 11.1. The molecule has 0 spiro atoms. The van der Waals surface area contributed by atoms with Gasteiger partial charge in [0.1, 0.15) is 5.76 Å². The number of aromatic carboxylic acids is 1. The van der Waals surface area contributed by atoms with Gasteiger partial charge < -0.3 is 14.4 Å². The Labute approximate surface area is 117 Å². The minimum atomic E-state index is -0.879. The smallest absolute Gasteiger partial charge is 0.335 e. The number of hydrogen-bond acceptors (Lipinski definition) is 4. The van der Waals surface area contributed by atoms with Crippen LogP contribution < -0.4 is 0 Å². The van der Waals surface area contributed by atoms with E-state index in [4.69, 9.17) is 9.52 Å². The van der Waals surface area contributed by atoms with E-state index >= 15 is 0 Å². The van der Waals surface area contributed by atoms with Crippen LogP contribution in [0.5, 0.6) is 0 Å². The summed E-state index contributed by atoms with van der Waals surface area (Å²) >= 11 is 0. The van der Waals surface area contributed by atoms with Crippen molar-refractivity contribution in [3.8, 4) is 0 Å². The summed E-state index contributed by atoms with van der Waals surface area (Å²) in [5.41, 5.74) is 2.14. The summed E-state index contributed by atoms with van der Waals surface area (Å²) in [4.78, 5) is 17.4. The van der Waals surface area contributed by atoms with Crippen molar-refractivity contribution in [1.29, 1.82) is 0 Å². The molecule has 0 atom stereocenters. The normalized spacial score (nSPS) is 10.9. The van der Waals surface area contributed by atoms with E-state index in [1.165, 1.54) is 6.39 Å². The number of oxazole rings is 1. The molecular formula is C15H18N2O3. The molecule has 0 amide bonds. The molecule has 1 aromatic heterocycles. The molecule has 5 heteroatoms. The Morgan fingerprint density at radius 3 is 2.80 bits per heavy atom. The van der Waals surface area contributed by atoms with Gasteiger partial charge in [0.05, 0.1) is 11.3 Å². The number of rotatable bonds is 6. The monoisotopic (exact) mass is 274 g/mol. The van der Waals surface area contributed by atoms with Gasteiger partial charge in [0.2, 0.25) is 0 Å². The Balaban J connectivity index is 1.95. The lowest BCUT2D eigenvalue weighted by atomic mass is 10.0. The van der Waals surface area contributed by atoms with Gasteiger partial charge >= 0.3 is 5.97 Å². The van der Waals surface area contributed by atoms with Crippen molar-refractivity contribution < 1.29 is 14.3 Å². The van der Waals surface area contributed by atoms with Gasteiger partial charge in [-0.15, -0.1) is 0 Å². The number of carbonyl (C=O) groups is 1. The molecular weight excluding hydrogens is 256 g/mol. The highest BCUT2D eigenvalue weighted by Crippen LogP contribution is 2.12. The molecule has 0 aliphatic heterocycles. The molecule has 0 unspecified atom stereocenters. The molecule has 2 aromatic rings. The predicted octanol–water partition coefficient (Wildman–Crippen LogP) is 2.36. The second-order valence-electron chi connectivity index (χ2n) is 4.81. The van der Waals surface area contributed by atoms with E-state index in [1.54, 1.807) is 12.1 Å². The summed E-state index contributed by atoms with van der Waals surface area (Å²) in [5, 5.41) is 9.14. The largest absolute Gasteiger partial charge is 0.478 e. The van der Waals surface area contributed by atoms with Crippen LogP contribution in [0.15, 0.2) is 35.1 Å². The lowest BCUT2D eigenvalue weighted by Gasteiger charge is -2.16. The SMILES string of the molecule is Cc1ocnc1CN(C)CCc1ccccc1C(=O)O. The number of carboxylic acids is 1. The Hall–Kier alpha value is -2.14. The number of nitrogens with zero attached hydrogens (tertiary/aromatic N) is 2. The molecule has 1 N–H and O–H groups in total. The second kappa shape index (κ2) is 6.34. The van der Waals surface area contributed by atoms with E-state index < -0.39 is 5.97 Å². The minimum absolute atomic E-state index is 0.374. The van der Waals surface area contributed by atoms with Crippen molar-refractivity contribution >= 4 is 5.97 Å². The van der Waals surface area contributed by atoms with E-state index in [0.29, 0.717) is 18.5 Å². The van der Waals surface area contributed by atoms with Crippen LogP contribution in [-0.4, -0.2) is 34.6 Å². The molecule has 106 valence electrons. The number of benzene rings is 1. The lowest BCUT2D eigenvalue weighted by Crippen LogP contribution is -2.22. The first kappa shape index (κ1) is 14.3. The molecule has 0 saturated heterocycles. The topological polar surface area (TPSA) is 66.6 Å². The summed E-state index contributed by atoms with van der Waals surface area (Å²) in [5.74, 6) is -0.0571. The number of carboxylic acid groups (broad SMARTS) is 1. The third kappa shape index (κ3) is 3.45. The molecule has 0 bridgehead atoms. The van der Waals surface area contributed by atoms with Crippen LogP contribution in [0.1, 0.15) is 27.4 Å². The highest BCUT2D eigenvalue weighted by Gasteiger charge is 2.11. The molecule has 1 aromatic carbocycles. The summed E-state index contributed by atoms with van der Waals surface area (Å²) in [7, 11) is 1.98. The number of aryl methyl sites for hydroxylation is 1. The van der Waals surface area contributed by atoms with Crippen molar-refractivity contribution in [2.75, 3.05) is 13.6 Å². The highest BCUT2D eigenvalue weighted by atomic mass is 16.4. The molecule has 0 radical (unpaired) electrons. The van der Waals surface area contributed by atoms with E-state index in [2.05, 4.69) is 9.88 Å². The van der Waals surface area contributed by atoms with Crippen molar-refractivity contribution in [2.45, 2.75) is 19.9 Å². The average Bonchev–Trinajstić information content (AvgIpc) is 2.82. The minimum Gasteiger partial charge on any atom is -0.478 e. The molecule has 0 aliphatic rings. The standard InChI is InChI=1S/C15H18N2O3/c1-11-14(16-10-20-11)9-17(2)8-7-12-5-3-4-6-13(12)15(18)19/h3-6,10H,7-9H2,1-2H3,(H,18,19). The molecule has 20 heavy (non-hydrogen) atoms. The fraction of sp³-hybridized carbons (Fsp3) is 0.333. The van der Waals surface area contributed by atoms with Gasteiger partial charge in [-0.25, -0.2) is 9.78 Å². The van der Waals surface area contributed by atoms with Crippen LogP contribution in [0, 0.1) is 6.92 Å². The summed E-state index contributed by atoms with van der Waals surface area (Å²) < 4.78 is 5.16. The molecule has 5 nitrogen and oxygen atoms in total. The maximum absolute atomic E-state index is 11.1. The van der Waals surface area contributed by atoms with E-state index in [-0.39, 0.29) is 0 Å². The quantitative estimate of drug-likeness (QED) is 0.876. The summed E-state index contributed by atoms with van der Waals surface area (Å²) in [6.07, 6.45) is 2.13. The van der Waals surface area contributed by atoms with E-state index in [0.717, 1.165) is 23.6 Å². The molecule has 0 fully saturated rings. The second-order valence-corrected chi connectivity index (χ2v) is 4.81.